The van der Waals surface area contributed by atoms with Gasteiger partial charge in [0.25, 0.3) is 0 Å². The summed E-state index contributed by atoms with van der Waals surface area (Å²) in [6.07, 6.45) is -0.346. The smallest absolute Gasteiger partial charge is 0.410 e. The maximum atomic E-state index is 11.8. The lowest BCUT2D eigenvalue weighted by molar-refractivity contribution is 0.0285. The van der Waals surface area contributed by atoms with Gasteiger partial charge < -0.3 is 9.64 Å². The third-order valence-corrected chi connectivity index (χ3v) is 3.34. The van der Waals surface area contributed by atoms with E-state index in [-0.39, 0.29) is 6.09 Å². The molecule has 3 nitrogen and oxygen atoms in total. The van der Waals surface area contributed by atoms with Crippen molar-refractivity contribution < 1.29 is 9.53 Å². The molecule has 1 rings (SSSR count). The third kappa shape index (κ3) is 4.86. The van der Waals surface area contributed by atoms with E-state index in [9.17, 15) is 4.79 Å². The summed E-state index contributed by atoms with van der Waals surface area (Å²) in [7, 11) is 1.70. The second kappa shape index (κ2) is 5.93. The molecule has 0 saturated heterocycles. The van der Waals surface area contributed by atoms with Crippen molar-refractivity contribution >= 4 is 33.6 Å². The molecule has 100 valence electrons. The van der Waals surface area contributed by atoms with Crippen LogP contribution in [0.4, 0.5) is 4.79 Å². The number of rotatable bonds is 2. The van der Waals surface area contributed by atoms with Crippen molar-refractivity contribution in [3.63, 3.8) is 0 Å². The van der Waals surface area contributed by atoms with Crippen molar-refractivity contribution in [1.29, 1.82) is 0 Å². The first-order valence-corrected chi connectivity index (χ1v) is 6.74. The van der Waals surface area contributed by atoms with Crippen LogP contribution in [-0.4, -0.2) is 23.6 Å². The molecule has 18 heavy (non-hydrogen) atoms. The van der Waals surface area contributed by atoms with Crippen LogP contribution < -0.4 is 0 Å². The Labute approximate surface area is 121 Å². The number of amides is 1. The molecule has 0 unspecified atom stereocenters. The van der Waals surface area contributed by atoms with Crippen LogP contribution in [0.15, 0.2) is 22.7 Å². The van der Waals surface area contributed by atoms with E-state index in [2.05, 4.69) is 15.9 Å². The summed E-state index contributed by atoms with van der Waals surface area (Å²) >= 11 is 9.33. The Bertz CT molecular complexity index is 443. The van der Waals surface area contributed by atoms with E-state index in [0.717, 1.165) is 10.0 Å². The lowest BCUT2D eigenvalue weighted by Gasteiger charge is -2.24. The standard InChI is InChI=1S/C13H17BrClNO2/c1-13(2,3)18-12(17)16(4)8-9-5-6-10(14)11(15)7-9/h5-7H,8H2,1-4H3. The van der Waals surface area contributed by atoms with Gasteiger partial charge in [-0.2, -0.15) is 0 Å². The number of halogens is 2. The van der Waals surface area contributed by atoms with Crippen LogP contribution in [0.25, 0.3) is 0 Å². The molecule has 0 aliphatic carbocycles. The molecule has 0 fully saturated rings. The highest BCUT2D eigenvalue weighted by Crippen LogP contribution is 2.23. The molecule has 0 N–H and O–H groups in total. The SMILES string of the molecule is CN(Cc1ccc(Br)c(Cl)c1)C(=O)OC(C)(C)C. The molecule has 1 aromatic rings. The molecule has 5 heteroatoms. The van der Waals surface area contributed by atoms with Gasteiger partial charge in [-0.3, -0.25) is 0 Å². The van der Waals surface area contributed by atoms with E-state index < -0.39 is 5.60 Å². The second-order valence-corrected chi connectivity index (χ2v) is 6.35. The molecule has 0 aliphatic heterocycles. The number of carbonyl (C=O) groups is 1. The van der Waals surface area contributed by atoms with E-state index in [1.807, 2.05) is 39.0 Å². The van der Waals surface area contributed by atoms with Crippen molar-refractivity contribution in [2.75, 3.05) is 7.05 Å². The molecule has 0 aromatic heterocycles. The Hall–Kier alpha value is -0.740. The average Bonchev–Trinajstić information content (AvgIpc) is 2.21. The predicted octanol–water partition coefficient (Wildman–Crippen LogP) is 4.47. The van der Waals surface area contributed by atoms with E-state index in [0.29, 0.717) is 11.6 Å². The Morgan fingerprint density at radius 2 is 2.06 bits per heavy atom. The quantitative estimate of drug-likeness (QED) is 0.798. The summed E-state index contributed by atoms with van der Waals surface area (Å²) in [5, 5.41) is 0.630. The topological polar surface area (TPSA) is 29.5 Å². The number of ether oxygens (including phenoxy) is 1. The van der Waals surface area contributed by atoms with Crippen molar-refractivity contribution in [1.82, 2.24) is 4.90 Å². The third-order valence-electron chi connectivity index (χ3n) is 2.11. The van der Waals surface area contributed by atoms with Crippen LogP contribution in [0, 0.1) is 0 Å². The van der Waals surface area contributed by atoms with Crippen LogP contribution in [-0.2, 0) is 11.3 Å². The van der Waals surface area contributed by atoms with Crippen LogP contribution >= 0.6 is 27.5 Å². The maximum Gasteiger partial charge on any atom is 0.410 e. The number of hydrogen-bond acceptors (Lipinski definition) is 2. The number of benzene rings is 1. The summed E-state index contributed by atoms with van der Waals surface area (Å²) in [5.74, 6) is 0. The van der Waals surface area contributed by atoms with Gasteiger partial charge in [-0.05, 0) is 54.4 Å². The summed E-state index contributed by atoms with van der Waals surface area (Å²) < 4.78 is 6.11. The van der Waals surface area contributed by atoms with Gasteiger partial charge in [0.15, 0.2) is 0 Å². The minimum atomic E-state index is -0.483. The van der Waals surface area contributed by atoms with Gasteiger partial charge in [0, 0.05) is 18.1 Å². The normalized spacial score (nSPS) is 11.2. The van der Waals surface area contributed by atoms with Gasteiger partial charge in [0.1, 0.15) is 5.60 Å². The van der Waals surface area contributed by atoms with Crippen LogP contribution in [0.3, 0.4) is 0 Å². The fourth-order valence-electron chi connectivity index (χ4n) is 1.32. The molecule has 1 aromatic carbocycles. The lowest BCUT2D eigenvalue weighted by atomic mass is 10.2. The number of nitrogens with zero attached hydrogens (tertiary/aromatic N) is 1. The Morgan fingerprint density at radius 1 is 1.44 bits per heavy atom. The molecule has 0 aliphatic rings. The first-order chi connectivity index (χ1) is 8.19. The molecular weight excluding hydrogens is 318 g/mol. The highest BCUT2D eigenvalue weighted by atomic mass is 79.9. The lowest BCUT2D eigenvalue weighted by Crippen LogP contribution is -2.33. The largest absolute Gasteiger partial charge is 0.444 e. The molecule has 0 radical (unpaired) electrons. The van der Waals surface area contributed by atoms with Crippen LogP contribution in [0.2, 0.25) is 5.02 Å². The molecular formula is C13H17BrClNO2. The van der Waals surface area contributed by atoms with E-state index in [1.165, 1.54) is 4.90 Å². The van der Waals surface area contributed by atoms with Crippen molar-refractivity contribution in [2.45, 2.75) is 32.9 Å². The Balaban J connectivity index is 2.66. The Kier molecular flexibility index (Phi) is 5.05. The summed E-state index contributed by atoms with van der Waals surface area (Å²) in [6, 6.07) is 5.60. The summed E-state index contributed by atoms with van der Waals surface area (Å²) in [5.41, 5.74) is 0.472. The van der Waals surface area contributed by atoms with Gasteiger partial charge in [-0.25, -0.2) is 4.79 Å². The van der Waals surface area contributed by atoms with Crippen LogP contribution in [0.1, 0.15) is 26.3 Å². The highest BCUT2D eigenvalue weighted by Gasteiger charge is 2.19. The number of hydrogen-bond donors (Lipinski definition) is 0. The van der Waals surface area contributed by atoms with E-state index in [1.54, 1.807) is 7.05 Å². The maximum absolute atomic E-state index is 11.8. The molecule has 0 spiro atoms. The van der Waals surface area contributed by atoms with Gasteiger partial charge in [-0.1, -0.05) is 17.7 Å². The fraction of sp³-hybridized carbons (Fsp3) is 0.462. The highest BCUT2D eigenvalue weighted by molar-refractivity contribution is 9.10. The van der Waals surface area contributed by atoms with Crippen molar-refractivity contribution in [3.8, 4) is 0 Å². The summed E-state index contributed by atoms with van der Waals surface area (Å²) in [4.78, 5) is 13.3. The average molecular weight is 335 g/mol. The Morgan fingerprint density at radius 3 is 2.56 bits per heavy atom. The minimum absolute atomic E-state index is 0.346. The van der Waals surface area contributed by atoms with Gasteiger partial charge in [0.05, 0.1) is 5.02 Å². The van der Waals surface area contributed by atoms with E-state index >= 15 is 0 Å². The summed E-state index contributed by atoms with van der Waals surface area (Å²) in [6.45, 7) is 5.99. The molecule has 0 bridgehead atoms. The zero-order valence-corrected chi connectivity index (χ0v) is 13.3. The minimum Gasteiger partial charge on any atom is -0.444 e. The predicted molar refractivity (Wildman–Crippen MR) is 76.9 cm³/mol. The van der Waals surface area contributed by atoms with Crippen LogP contribution in [0.5, 0.6) is 0 Å². The van der Waals surface area contributed by atoms with Gasteiger partial charge >= 0.3 is 6.09 Å². The first kappa shape index (κ1) is 15.3. The fourth-order valence-corrected chi connectivity index (χ4v) is 1.77. The second-order valence-electron chi connectivity index (χ2n) is 5.08. The van der Waals surface area contributed by atoms with Gasteiger partial charge in [0.2, 0.25) is 0 Å². The van der Waals surface area contributed by atoms with Crippen molar-refractivity contribution in [3.05, 3.63) is 33.3 Å². The molecule has 0 saturated carbocycles. The van der Waals surface area contributed by atoms with E-state index in [4.69, 9.17) is 16.3 Å². The first-order valence-electron chi connectivity index (χ1n) is 5.57. The van der Waals surface area contributed by atoms with Crippen molar-refractivity contribution in [2.24, 2.45) is 0 Å². The number of carbonyl (C=O) groups excluding carboxylic acids is 1. The zero-order chi connectivity index (χ0) is 13.9. The van der Waals surface area contributed by atoms with Gasteiger partial charge in [-0.15, -0.1) is 0 Å². The molecule has 0 heterocycles. The monoisotopic (exact) mass is 333 g/mol. The molecule has 1 amide bonds. The molecule has 0 atom stereocenters. The zero-order valence-electron chi connectivity index (χ0n) is 11.0.